The van der Waals surface area contributed by atoms with Crippen LogP contribution in [0.5, 0.6) is 5.75 Å². The summed E-state index contributed by atoms with van der Waals surface area (Å²) < 4.78 is 13.2. The summed E-state index contributed by atoms with van der Waals surface area (Å²) in [7, 11) is 0. The molecular formula is C16H16FNO2S. The summed E-state index contributed by atoms with van der Waals surface area (Å²) >= 11 is 1.75. The van der Waals surface area contributed by atoms with Crippen molar-refractivity contribution in [2.24, 2.45) is 0 Å². The predicted molar refractivity (Wildman–Crippen MR) is 80.4 cm³/mol. The van der Waals surface area contributed by atoms with Crippen molar-refractivity contribution in [3.63, 3.8) is 0 Å². The first-order valence-corrected chi connectivity index (χ1v) is 7.76. The molecule has 1 aromatic heterocycles. The van der Waals surface area contributed by atoms with Gasteiger partial charge in [0.15, 0.2) is 5.78 Å². The maximum Gasteiger partial charge on any atom is 0.180 e. The second kappa shape index (κ2) is 5.58. The third-order valence-corrected chi connectivity index (χ3v) is 5.01. The van der Waals surface area contributed by atoms with E-state index in [1.807, 2.05) is 0 Å². The SMILES string of the molecule is CC1c2ccsc2CCN1CC(=O)c1cc(F)ccc1O. The van der Waals surface area contributed by atoms with Crippen LogP contribution in [0.3, 0.4) is 0 Å². The lowest BCUT2D eigenvalue weighted by atomic mass is 10.00. The first-order valence-electron chi connectivity index (χ1n) is 6.88. The number of carbonyl (C=O) groups is 1. The van der Waals surface area contributed by atoms with Crippen molar-refractivity contribution in [2.75, 3.05) is 13.1 Å². The molecule has 0 saturated heterocycles. The van der Waals surface area contributed by atoms with Gasteiger partial charge in [0.1, 0.15) is 11.6 Å². The van der Waals surface area contributed by atoms with Gasteiger partial charge in [0.05, 0.1) is 12.1 Å². The minimum atomic E-state index is -0.511. The Morgan fingerprint density at radius 2 is 2.29 bits per heavy atom. The quantitative estimate of drug-likeness (QED) is 0.884. The predicted octanol–water partition coefficient (Wildman–Crippen LogP) is 3.39. The summed E-state index contributed by atoms with van der Waals surface area (Å²) in [5.74, 6) is -0.928. The standard InChI is InChI=1S/C16H16FNO2S/c1-10-12-5-7-21-16(12)4-6-18(10)9-15(20)13-8-11(17)2-3-14(13)19/h2-3,5,7-8,10,19H,4,6,9H2,1H3. The molecule has 1 aliphatic heterocycles. The Hall–Kier alpha value is -1.72. The van der Waals surface area contributed by atoms with Gasteiger partial charge in [-0.15, -0.1) is 11.3 Å². The Kier molecular flexibility index (Phi) is 3.78. The van der Waals surface area contributed by atoms with Crippen molar-refractivity contribution in [1.82, 2.24) is 4.90 Å². The van der Waals surface area contributed by atoms with Crippen LogP contribution < -0.4 is 0 Å². The first kappa shape index (κ1) is 14.2. The van der Waals surface area contributed by atoms with Gasteiger partial charge in [-0.3, -0.25) is 9.69 Å². The van der Waals surface area contributed by atoms with Gasteiger partial charge >= 0.3 is 0 Å². The van der Waals surface area contributed by atoms with Gasteiger partial charge in [0, 0.05) is 17.5 Å². The van der Waals surface area contributed by atoms with Crippen LogP contribution in [0.15, 0.2) is 29.6 Å². The molecule has 1 aromatic carbocycles. The van der Waals surface area contributed by atoms with E-state index in [0.717, 1.165) is 25.1 Å². The van der Waals surface area contributed by atoms with Crippen LogP contribution in [0.4, 0.5) is 4.39 Å². The van der Waals surface area contributed by atoms with E-state index in [1.165, 1.54) is 16.5 Å². The molecule has 0 bridgehead atoms. The highest BCUT2D eigenvalue weighted by Gasteiger charge is 2.27. The van der Waals surface area contributed by atoms with Gasteiger partial charge in [-0.05, 0) is 48.6 Å². The lowest BCUT2D eigenvalue weighted by molar-refractivity contribution is 0.0888. The number of halogens is 1. The maximum absolute atomic E-state index is 13.2. The van der Waals surface area contributed by atoms with Gasteiger partial charge in [0.2, 0.25) is 0 Å². The van der Waals surface area contributed by atoms with Gasteiger partial charge in [0.25, 0.3) is 0 Å². The largest absolute Gasteiger partial charge is 0.507 e. The van der Waals surface area contributed by atoms with E-state index in [0.29, 0.717) is 0 Å². The monoisotopic (exact) mass is 305 g/mol. The fraction of sp³-hybridized carbons (Fsp3) is 0.312. The number of Topliss-reactive ketones (excluding diaryl/α,β-unsaturated/α-hetero) is 1. The van der Waals surface area contributed by atoms with Crippen molar-refractivity contribution in [3.8, 4) is 5.75 Å². The zero-order chi connectivity index (χ0) is 15.0. The number of carbonyl (C=O) groups excluding carboxylic acids is 1. The number of fused-ring (bicyclic) bond motifs is 1. The van der Waals surface area contributed by atoms with Crippen LogP contribution in [-0.2, 0) is 6.42 Å². The minimum absolute atomic E-state index is 0.0540. The van der Waals surface area contributed by atoms with E-state index in [4.69, 9.17) is 0 Å². The van der Waals surface area contributed by atoms with Gasteiger partial charge in [-0.2, -0.15) is 0 Å². The first-order chi connectivity index (χ1) is 10.1. The molecular weight excluding hydrogens is 289 g/mol. The molecule has 0 fully saturated rings. The summed E-state index contributed by atoms with van der Waals surface area (Å²) in [6.07, 6.45) is 0.930. The van der Waals surface area contributed by atoms with E-state index in [-0.39, 0.29) is 29.7 Å². The molecule has 5 heteroatoms. The van der Waals surface area contributed by atoms with E-state index >= 15 is 0 Å². The number of rotatable bonds is 3. The van der Waals surface area contributed by atoms with Crippen LogP contribution in [0.2, 0.25) is 0 Å². The number of hydrogen-bond donors (Lipinski definition) is 1. The number of aromatic hydroxyl groups is 1. The number of ketones is 1. The average Bonchev–Trinajstić information content (AvgIpc) is 2.93. The Morgan fingerprint density at radius 1 is 1.48 bits per heavy atom. The molecule has 2 heterocycles. The van der Waals surface area contributed by atoms with Crippen LogP contribution in [0, 0.1) is 5.82 Å². The fourth-order valence-corrected chi connectivity index (χ4v) is 3.74. The zero-order valence-corrected chi connectivity index (χ0v) is 12.5. The maximum atomic E-state index is 13.2. The van der Waals surface area contributed by atoms with E-state index in [2.05, 4.69) is 23.3 Å². The van der Waals surface area contributed by atoms with Crippen LogP contribution in [0.25, 0.3) is 0 Å². The van der Waals surface area contributed by atoms with E-state index < -0.39 is 5.82 Å². The molecule has 1 atom stereocenters. The van der Waals surface area contributed by atoms with Gasteiger partial charge < -0.3 is 5.11 Å². The molecule has 0 aliphatic carbocycles. The number of phenols is 1. The second-order valence-corrected chi connectivity index (χ2v) is 6.28. The smallest absolute Gasteiger partial charge is 0.180 e. The number of hydrogen-bond acceptors (Lipinski definition) is 4. The highest BCUT2D eigenvalue weighted by atomic mass is 32.1. The second-order valence-electron chi connectivity index (χ2n) is 5.28. The molecule has 2 aromatic rings. The number of benzene rings is 1. The molecule has 1 aliphatic rings. The van der Waals surface area contributed by atoms with Crippen molar-refractivity contribution in [1.29, 1.82) is 0 Å². The van der Waals surface area contributed by atoms with Crippen LogP contribution in [-0.4, -0.2) is 28.9 Å². The molecule has 0 amide bonds. The minimum Gasteiger partial charge on any atom is -0.507 e. The molecule has 3 rings (SSSR count). The zero-order valence-electron chi connectivity index (χ0n) is 11.7. The molecule has 0 saturated carbocycles. The normalized spacial score (nSPS) is 18.5. The Labute approximate surface area is 126 Å². The number of thiophene rings is 1. The van der Waals surface area contributed by atoms with Gasteiger partial charge in [-0.1, -0.05) is 0 Å². The Bertz CT molecular complexity index is 683. The van der Waals surface area contributed by atoms with E-state index in [1.54, 1.807) is 11.3 Å². The third-order valence-electron chi connectivity index (χ3n) is 4.01. The molecule has 1 unspecified atom stereocenters. The lowest BCUT2D eigenvalue weighted by Gasteiger charge is -2.33. The topological polar surface area (TPSA) is 40.5 Å². The van der Waals surface area contributed by atoms with Crippen molar-refractivity contribution < 1.29 is 14.3 Å². The van der Waals surface area contributed by atoms with Crippen LogP contribution >= 0.6 is 11.3 Å². The summed E-state index contributed by atoms with van der Waals surface area (Å²) in [4.78, 5) is 15.8. The molecule has 21 heavy (non-hydrogen) atoms. The lowest BCUT2D eigenvalue weighted by Crippen LogP contribution is -2.37. The van der Waals surface area contributed by atoms with E-state index in [9.17, 15) is 14.3 Å². The van der Waals surface area contributed by atoms with Crippen molar-refractivity contribution >= 4 is 17.1 Å². The summed E-state index contributed by atoms with van der Waals surface area (Å²) in [5.41, 5.74) is 1.32. The molecule has 3 nitrogen and oxygen atoms in total. The molecule has 1 N–H and O–H groups in total. The highest BCUT2D eigenvalue weighted by molar-refractivity contribution is 7.10. The Morgan fingerprint density at radius 3 is 3.10 bits per heavy atom. The average molecular weight is 305 g/mol. The molecule has 0 spiro atoms. The number of phenolic OH excluding ortho intramolecular Hbond substituents is 1. The van der Waals surface area contributed by atoms with Gasteiger partial charge in [-0.25, -0.2) is 4.39 Å². The molecule has 110 valence electrons. The Balaban J connectivity index is 1.78. The number of nitrogens with zero attached hydrogens (tertiary/aromatic N) is 1. The molecule has 0 radical (unpaired) electrons. The highest BCUT2D eigenvalue weighted by Crippen LogP contribution is 2.33. The summed E-state index contributed by atoms with van der Waals surface area (Å²) in [6, 6.07) is 5.73. The van der Waals surface area contributed by atoms with Crippen molar-refractivity contribution in [3.05, 3.63) is 51.5 Å². The summed E-state index contributed by atoms with van der Waals surface area (Å²) in [6.45, 7) is 3.06. The van der Waals surface area contributed by atoms with Crippen LogP contribution in [0.1, 0.15) is 33.8 Å². The van der Waals surface area contributed by atoms with Crippen molar-refractivity contribution in [2.45, 2.75) is 19.4 Å². The third kappa shape index (κ3) is 2.71. The summed E-state index contributed by atoms with van der Waals surface area (Å²) in [5, 5.41) is 11.8. The fourth-order valence-electron chi connectivity index (χ4n) is 2.78.